The highest BCUT2D eigenvalue weighted by Gasteiger charge is 2.26. The highest BCUT2D eigenvalue weighted by Crippen LogP contribution is 2.22. The van der Waals surface area contributed by atoms with E-state index in [1.807, 2.05) is 0 Å². The van der Waals surface area contributed by atoms with Crippen LogP contribution in [0.15, 0.2) is 0 Å². The number of nitrogens with two attached hydrogens (primary N) is 1. The Bertz CT molecular complexity index is 91.4. The van der Waals surface area contributed by atoms with E-state index in [-0.39, 0.29) is 12.8 Å². The second kappa shape index (κ2) is 4.03. The number of alkyl halides is 4. The molecule has 0 aliphatic heterocycles. The maximum atomic E-state index is 11.4. The van der Waals surface area contributed by atoms with Crippen LogP contribution in [0.4, 0.5) is 13.2 Å². The number of rotatable bonds is 3. The minimum atomic E-state index is -4.08. The van der Waals surface area contributed by atoms with E-state index in [1.165, 1.54) is 0 Å². The molecule has 0 aliphatic carbocycles. The molecular weight excluding hydrogens is 167 g/mol. The predicted octanol–water partition coefficient (Wildman–Crippen LogP) is 2.24. The summed E-state index contributed by atoms with van der Waals surface area (Å²) in [5.74, 6) is 0. The lowest BCUT2D eigenvalue weighted by Gasteiger charge is -2.05. The van der Waals surface area contributed by atoms with Crippen LogP contribution in [-0.2, 0) is 0 Å². The summed E-state index contributed by atoms with van der Waals surface area (Å²) in [7, 11) is 0. The van der Waals surface area contributed by atoms with Gasteiger partial charge in [-0.05, 0) is 12.8 Å². The van der Waals surface area contributed by atoms with Crippen LogP contribution in [0.2, 0.25) is 0 Å². The Morgan fingerprint density at radius 3 is 2.20 bits per heavy atom. The lowest BCUT2D eigenvalue weighted by molar-refractivity contribution is -0.135. The zero-order chi connectivity index (χ0) is 8.20. The van der Waals surface area contributed by atoms with Crippen LogP contribution < -0.4 is 5.73 Å². The van der Waals surface area contributed by atoms with Crippen molar-refractivity contribution in [2.24, 2.45) is 5.73 Å². The summed E-state index contributed by atoms with van der Waals surface area (Å²) in [5.41, 5.74) is 4.37. The number of halogens is 4. The van der Waals surface area contributed by atoms with Gasteiger partial charge in [-0.25, -0.2) is 0 Å². The Hall–Kier alpha value is 0.0400. The maximum Gasteiger partial charge on any atom is 0.389 e. The average Bonchev–Trinajstić information content (AvgIpc) is 1.59. The molecule has 2 N–H and O–H groups in total. The number of hydrogen-bond donors (Lipinski definition) is 1. The van der Waals surface area contributed by atoms with Crippen molar-refractivity contribution in [3.8, 4) is 0 Å². The summed E-state index contributed by atoms with van der Waals surface area (Å²) in [5, 5.41) is 0. The Morgan fingerprint density at radius 2 is 1.90 bits per heavy atom. The molecule has 0 aliphatic rings. The summed E-state index contributed by atoms with van der Waals surface area (Å²) in [6.45, 7) is 0. The first-order valence-corrected chi connectivity index (χ1v) is 3.32. The second-order valence-electron chi connectivity index (χ2n) is 2.02. The van der Waals surface area contributed by atoms with Gasteiger partial charge in [-0.3, -0.25) is 0 Å². The van der Waals surface area contributed by atoms with E-state index < -0.39 is 18.1 Å². The Balaban J connectivity index is 3.21. The van der Waals surface area contributed by atoms with Crippen molar-refractivity contribution in [1.29, 1.82) is 0 Å². The van der Waals surface area contributed by atoms with E-state index >= 15 is 0 Å². The monoisotopic (exact) mass is 175 g/mol. The molecule has 0 aromatic carbocycles. The SMILES string of the molecule is N[C@@H](Cl)CCCC(F)(F)F. The molecule has 0 spiro atoms. The van der Waals surface area contributed by atoms with E-state index in [2.05, 4.69) is 0 Å². The third kappa shape index (κ3) is 8.04. The largest absolute Gasteiger partial charge is 0.389 e. The number of hydrogen-bond acceptors (Lipinski definition) is 1. The molecule has 0 unspecified atom stereocenters. The lowest BCUT2D eigenvalue weighted by atomic mass is 10.2. The van der Waals surface area contributed by atoms with Gasteiger partial charge in [0.2, 0.25) is 0 Å². The fraction of sp³-hybridized carbons (Fsp3) is 1.00. The van der Waals surface area contributed by atoms with Crippen LogP contribution in [0.5, 0.6) is 0 Å². The molecular formula is C5H9ClF3N. The van der Waals surface area contributed by atoms with Crippen LogP contribution in [0.3, 0.4) is 0 Å². The van der Waals surface area contributed by atoms with Crippen LogP contribution in [0.1, 0.15) is 19.3 Å². The molecule has 1 nitrogen and oxygen atoms in total. The Morgan fingerprint density at radius 1 is 1.40 bits per heavy atom. The Labute approximate surface area is 62.3 Å². The third-order valence-electron chi connectivity index (χ3n) is 0.940. The third-order valence-corrected chi connectivity index (χ3v) is 1.16. The fourth-order valence-corrected chi connectivity index (χ4v) is 0.652. The van der Waals surface area contributed by atoms with E-state index in [1.54, 1.807) is 0 Å². The molecule has 62 valence electrons. The molecule has 1 atom stereocenters. The van der Waals surface area contributed by atoms with Gasteiger partial charge in [-0.1, -0.05) is 0 Å². The lowest BCUT2D eigenvalue weighted by Crippen LogP contribution is -2.13. The van der Waals surface area contributed by atoms with Gasteiger partial charge >= 0.3 is 6.18 Å². The first-order chi connectivity index (χ1) is 4.42. The molecule has 0 bridgehead atoms. The average molecular weight is 176 g/mol. The van der Waals surface area contributed by atoms with Crippen LogP contribution in [-0.4, -0.2) is 11.7 Å². The second-order valence-corrected chi connectivity index (χ2v) is 2.58. The molecule has 0 aromatic heterocycles. The highest BCUT2D eigenvalue weighted by atomic mass is 35.5. The highest BCUT2D eigenvalue weighted by molar-refractivity contribution is 6.20. The van der Waals surface area contributed by atoms with Gasteiger partial charge in [-0.2, -0.15) is 13.2 Å². The van der Waals surface area contributed by atoms with E-state index in [4.69, 9.17) is 17.3 Å². The van der Waals surface area contributed by atoms with Gasteiger partial charge in [-0.15, -0.1) is 11.6 Å². The van der Waals surface area contributed by atoms with E-state index in [0.29, 0.717) is 0 Å². The first kappa shape index (κ1) is 10.0. The molecule has 0 aromatic rings. The topological polar surface area (TPSA) is 26.0 Å². The quantitative estimate of drug-likeness (QED) is 0.517. The molecule has 0 saturated carbocycles. The molecule has 10 heavy (non-hydrogen) atoms. The predicted molar refractivity (Wildman–Crippen MR) is 33.7 cm³/mol. The first-order valence-electron chi connectivity index (χ1n) is 2.88. The van der Waals surface area contributed by atoms with Gasteiger partial charge < -0.3 is 5.73 Å². The van der Waals surface area contributed by atoms with Crippen LogP contribution in [0.25, 0.3) is 0 Å². The smallest absolute Gasteiger partial charge is 0.315 e. The van der Waals surface area contributed by atoms with Gasteiger partial charge in [0.1, 0.15) is 0 Å². The van der Waals surface area contributed by atoms with E-state index in [9.17, 15) is 13.2 Å². The Kier molecular flexibility index (Phi) is 4.05. The molecule has 0 radical (unpaired) electrons. The standard InChI is InChI=1S/C5H9ClF3N/c6-4(10)2-1-3-5(7,8)9/h4H,1-3,10H2/t4-/m1/s1. The van der Waals surface area contributed by atoms with Gasteiger partial charge in [0.15, 0.2) is 0 Å². The van der Waals surface area contributed by atoms with Crippen molar-refractivity contribution in [3.63, 3.8) is 0 Å². The van der Waals surface area contributed by atoms with Crippen molar-refractivity contribution >= 4 is 11.6 Å². The molecule has 0 amide bonds. The minimum Gasteiger partial charge on any atom is -0.315 e. The normalized spacial score (nSPS) is 15.3. The zero-order valence-electron chi connectivity index (χ0n) is 5.29. The molecule has 0 rings (SSSR count). The summed E-state index contributed by atoms with van der Waals surface area (Å²) in [6.07, 6.45) is -4.66. The van der Waals surface area contributed by atoms with Crippen molar-refractivity contribution in [1.82, 2.24) is 0 Å². The summed E-state index contributed by atoms with van der Waals surface area (Å²) in [4.78, 5) is 0. The molecule has 0 saturated heterocycles. The van der Waals surface area contributed by atoms with Crippen molar-refractivity contribution in [2.45, 2.75) is 30.9 Å². The van der Waals surface area contributed by atoms with Crippen LogP contribution in [0, 0.1) is 0 Å². The summed E-state index contributed by atoms with van der Waals surface area (Å²) < 4.78 is 34.3. The van der Waals surface area contributed by atoms with Gasteiger partial charge in [0, 0.05) is 6.42 Å². The fourth-order valence-electron chi connectivity index (χ4n) is 0.498. The maximum absolute atomic E-state index is 11.4. The van der Waals surface area contributed by atoms with Crippen LogP contribution >= 0.6 is 11.6 Å². The molecule has 0 heterocycles. The van der Waals surface area contributed by atoms with Gasteiger partial charge in [0.25, 0.3) is 0 Å². The van der Waals surface area contributed by atoms with Crippen molar-refractivity contribution < 1.29 is 13.2 Å². The molecule has 0 fully saturated rings. The summed E-state index contributed by atoms with van der Waals surface area (Å²) >= 11 is 5.22. The van der Waals surface area contributed by atoms with Crippen molar-refractivity contribution in [3.05, 3.63) is 0 Å². The van der Waals surface area contributed by atoms with Crippen molar-refractivity contribution in [2.75, 3.05) is 0 Å². The van der Waals surface area contributed by atoms with E-state index in [0.717, 1.165) is 0 Å². The minimum absolute atomic E-state index is 0.00810. The summed E-state index contributed by atoms with van der Waals surface area (Å²) in [6, 6.07) is 0. The zero-order valence-corrected chi connectivity index (χ0v) is 6.04. The molecule has 5 heteroatoms. The van der Waals surface area contributed by atoms with Gasteiger partial charge in [0.05, 0.1) is 5.50 Å².